The van der Waals surface area contributed by atoms with E-state index in [0.29, 0.717) is 5.75 Å². The minimum atomic E-state index is -0.610. The van der Waals surface area contributed by atoms with Crippen molar-refractivity contribution in [2.75, 3.05) is 6.61 Å². The van der Waals surface area contributed by atoms with Gasteiger partial charge in [-0.25, -0.2) is 4.79 Å². The monoisotopic (exact) mass is 320 g/mol. The summed E-state index contributed by atoms with van der Waals surface area (Å²) in [6, 6.07) is 14.6. The maximum atomic E-state index is 11.7. The number of hydrogen-bond acceptors (Lipinski definition) is 6. The van der Waals surface area contributed by atoms with Gasteiger partial charge in [-0.15, -0.1) is 0 Å². The highest BCUT2D eigenvalue weighted by atomic mass is 16.5. The lowest BCUT2D eigenvalue weighted by Crippen LogP contribution is -2.11. The second-order valence-corrected chi connectivity index (χ2v) is 4.81. The zero-order valence-electron chi connectivity index (χ0n) is 12.8. The number of esters is 1. The third-order valence-corrected chi connectivity index (χ3v) is 2.98. The second-order valence-electron chi connectivity index (χ2n) is 4.81. The number of rotatable bonds is 5. The number of nitrogens with zero attached hydrogens (tertiary/aromatic N) is 2. The Kier molecular flexibility index (Phi) is 5.28. The van der Waals surface area contributed by atoms with E-state index < -0.39 is 5.97 Å². The van der Waals surface area contributed by atoms with Crippen molar-refractivity contribution < 1.29 is 19.1 Å². The molecule has 0 fully saturated rings. The highest BCUT2D eigenvalue weighted by molar-refractivity contribution is 5.91. The number of nitriles is 2. The van der Waals surface area contributed by atoms with Crippen LogP contribution in [0.4, 0.5) is 0 Å². The molecule has 0 saturated heterocycles. The molecule has 6 nitrogen and oxygen atoms in total. The minimum Gasteiger partial charge on any atom is -0.456 e. The molecule has 0 aromatic heterocycles. The first-order chi connectivity index (χ1) is 11.5. The summed E-state index contributed by atoms with van der Waals surface area (Å²) < 4.78 is 10.4. The summed E-state index contributed by atoms with van der Waals surface area (Å²) in [5, 5.41) is 18.2. The predicted molar refractivity (Wildman–Crippen MR) is 83.4 cm³/mol. The van der Waals surface area contributed by atoms with Crippen molar-refractivity contribution in [3.63, 3.8) is 0 Å². The van der Waals surface area contributed by atoms with E-state index >= 15 is 0 Å². The SMILES string of the molecule is CC(=O)COC(=O)c1ccc(Oc2cccc(C#N)c2C#N)cc1. The number of carbonyl (C=O) groups is 2. The number of benzene rings is 2. The summed E-state index contributed by atoms with van der Waals surface area (Å²) in [6.45, 7) is 1.05. The van der Waals surface area contributed by atoms with Gasteiger partial charge in [-0.3, -0.25) is 4.79 Å². The summed E-state index contributed by atoms with van der Waals surface area (Å²) in [5.41, 5.74) is 0.638. The average Bonchev–Trinajstić information content (AvgIpc) is 2.60. The maximum Gasteiger partial charge on any atom is 0.338 e. The van der Waals surface area contributed by atoms with Gasteiger partial charge in [-0.05, 0) is 43.3 Å². The van der Waals surface area contributed by atoms with Gasteiger partial charge in [0, 0.05) is 0 Å². The Hall–Kier alpha value is -3.64. The first kappa shape index (κ1) is 16.7. The van der Waals surface area contributed by atoms with Gasteiger partial charge >= 0.3 is 5.97 Å². The molecular weight excluding hydrogens is 308 g/mol. The van der Waals surface area contributed by atoms with Crippen LogP contribution in [-0.4, -0.2) is 18.4 Å². The van der Waals surface area contributed by atoms with E-state index in [1.807, 2.05) is 12.1 Å². The van der Waals surface area contributed by atoms with Crippen LogP contribution in [0.2, 0.25) is 0 Å². The Bertz CT molecular complexity index is 858. The topological polar surface area (TPSA) is 100 Å². The first-order valence-corrected chi connectivity index (χ1v) is 6.93. The molecule has 0 unspecified atom stereocenters. The quantitative estimate of drug-likeness (QED) is 0.785. The molecule has 0 radical (unpaired) electrons. The fourth-order valence-corrected chi connectivity index (χ4v) is 1.86. The van der Waals surface area contributed by atoms with Gasteiger partial charge < -0.3 is 9.47 Å². The van der Waals surface area contributed by atoms with E-state index in [2.05, 4.69) is 0 Å². The van der Waals surface area contributed by atoms with Crippen molar-refractivity contribution in [1.82, 2.24) is 0 Å². The number of ether oxygens (including phenoxy) is 2. The number of ketones is 1. The molecule has 0 amide bonds. The lowest BCUT2D eigenvalue weighted by molar-refractivity contribution is -0.120. The van der Waals surface area contributed by atoms with Crippen molar-refractivity contribution in [3.8, 4) is 23.6 Å². The Labute approximate surface area is 138 Å². The van der Waals surface area contributed by atoms with E-state index in [9.17, 15) is 9.59 Å². The molecule has 2 aromatic rings. The summed E-state index contributed by atoms with van der Waals surface area (Å²) >= 11 is 0. The Morgan fingerprint density at radius 2 is 1.75 bits per heavy atom. The fraction of sp³-hybridized carbons (Fsp3) is 0.111. The lowest BCUT2D eigenvalue weighted by Gasteiger charge is -2.09. The van der Waals surface area contributed by atoms with Crippen LogP contribution in [0.3, 0.4) is 0 Å². The molecule has 24 heavy (non-hydrogen) atoms. The highest BCUT2D eigenvalue weighted by Gasteiger charge is 2.11. The van der Waals surface area contributed by atoms with E-state index in [-0.39, 0.29) is 34.8 Å². The van der Waals surface area contributed by atoms with E-state index in [1.165, 1.54) is 37.3 Å². The van der Waals surface area contributed by atoms with Crippen LogP contribution < -0.4 is 4.74 Å². The molecule has 2 rings (SSSR count). The van der Waals surface area contributed by atoms with Crippen molar-refractivity contribution in [1.29, 1.82) is 10.5 Å². The van der Waals surface area contributed by atoms with Crippen LogP contribution >= 0.6 is 0 Å². The van der Waals surface area contributed by atoms with Crippen LogP contribution in [0.25, 0.3) is 0 Å². The van der Waals surface area contributed by atoms with E-state index in [0.717, 1.165) is 0 Å². The number of carbonyl (C=O) groups excluding carboxylic acids is 2. The molecule has 0 bridgehead atoms. The molecule has 0 atom stereocenters. The lowest BCUT2D eigenvalue weighted by atomic mass is 10.1. The van der Waals surface area contributed by atoms with Crippen LogP contribution in [0.5, 0.6) is 11.5 Å². The van der Waals surface area contributed by atoms with Gasteiger partial charge in [0.05, 0.1) is 11.1 Å². The standard InChI is InChI=1S/C18H12N2O4/c1-12(21)11-23-18(22)13-5-7-15(8-6-13)24-17-4-2-3-14(9-19)16(17)10-20/h2-8H,11H2,1H3. The van der Waals surface area contributed by atoms with Crippen molar-refractivity contribution >= 4 is 11.8 Å². The molecule has 0 spiro atoms. The number of Topliss-reactive ketones (excluding diaryl/α,β-unsaturated/α-hetero) is 1. The van der Waals surface area contributed by atoms with Crippen LogP contribution in [0.1, 0.15) is 28.4 Å². The highest BCUT2D eigenvalue weighted by Crippen LogP contribution is 2.27. The molecule has 0 heterocycles. The summed E-state index contributed by atoms with van der Waals surface area (Å²) in [5.74, 6) is -0.209. The Balaban J connectivity index is 2.16. The molecule has 6 heteroatoms. The minimum absolute atomic E-state index is 0.143. The fourth-order valence-electron chi connectivity index (χ4n) is 1.86. The van der Waals surface area contributed by atoms with Gasteiger partial charge in [0.2, 0.25) is 0 Å². The average molecular weight is 320 g/mol. The Morgan fingerprint density at radius 3 is 2.33 bits per heavy atom. The zero-order chi connectivity index (χ0) is 17.5. The van der Waals surface area contributed by atoms with Crippen LogP contribution in [0.15, 0.2) is 42.5 Å². The van der Waals surface area contributed by atoms with Crippen LogP contribution in [-0.2, 0) is 9.53 Å². The van der Waals surface area contributed by atoms with Crippen molar-refractivity contribution in [2.45, 2.75) is 6.92 Å². The smallest absolute Gasteiger partial charge is 0.338 e. The van der Waals surface area contributed by atoms with Gasteiger partial charge in [-0.2, -0.15) is 10.5 Å². The third-order valence-electron chi connectivity index (χ3n) is 2.98. The van der Waals surface area contributed by atoms with E-state index in [4.69, 9.17) is 20.0 Å². The largest absolute Gasteiger partial charge is 0.456 e. The molecule has 2 aromatic carbocycles. The molecule has 0 N–H and O–H groups in total. The van der Waals surface area contributed by atoms with Gasteiger partial charge in [0.15, 0.2) is 5.78 Å². The van der Waals surface area contributed by atoms with Crippen molar-refractivity contribution in [3.05, 3.63) is 59.2 Å². The van der Waals surface area contributed by atoms with Gasteiger partial charge in [-0.1, -0.05) is 6.07 Å². The Morgan fingerprint density at radius 1 is 1.04 bits per heavy atom. The van der Waals surface area contributed by atoms with E-state index in [1.54, 1.807) is 12.1 Å². The molecule has 0 aliphatic rings. The normalized spacial score (nSPS) is 9.46. The van der Waals surface area contributed by atoms with Gasteiger partial charge in [0.1, 0.15) is 35.8 Å². The molecule has 0 aliphatic carbocycles. The summed E-state index contributed by atoms with van der Waals surface area (Å²) in [7, 11) is 0. The van der Waals surface area contributed by atoms with Gasteiger partial charge in [0.25, 0.3) is 0 Å². The third kappa shape index (κ3) is 3.96. The molecule has 118 valence electrons. The molecule has 0 aliphatic heterocycles. The summed E-state index contributed by atoms with van der Waals surface area (Å²) in [4.78, 5) is 22.5. The second kappa shape index (κ2) is 7.57. The maximum absolute atomic E-state index is 11.7. The first-order valence-electron chi connectivity index (χ1n) is 6.93. The molecule has 0 saturated carbocycles. The zero-order valence-corrected chi connectivity index (χ0v) is 12.8. The van der Waals surface area contributed by atoms with Crippen LogP contribution in [0, 0.1) is 22.7 Å². The number of hydrogen-bond donors (Lipinski definition) is 0. The van der Waals surface area contributed by atoms with Crippen molar-refractivity contribution in [2.24, 2.45) is 0 Å². The summed E-state index contributed by atoms with van der Waals surface area (Å²) in [6.07, 6.45) is 0. The molecular formula is C18H12N2O4. The predicted octanol–water partition coefficient (Wildman–Crippen LogP) is 2.97.